The van der Waals surface area contributed by atoms with E-state index in [-0.39, 0.29) is 11.1 Å². The SMILES string of the molecule is COC1(C)CCCN(C(C)CCCNC(C)(C)C)C1. The van der Waals surface area contributed by atoms with Crippen LogP contribution in [0.5, 0.6) is 0 Å². The highest BCUT2D eigenvalue weighted by atomic mass is 16.5. The second kappa shape index (κ2) is 7.05. The van der Waals surface area contributed by atoms with E-state index in [4.69, 9.17) is 4.74 Å². The van der Waals surface area contributed by atoms with E-state index in [1.807, 2.05) is 7.11 Å². The molecule has 0 amide bonds. The lowest BCUT2D eigenvalue weighted by atomic mass is 9.93. The Morgan fingerprint density at radius 2 is 2.05 bits per heavy atom. The molecule has 1 aliphatic heterocycles. The number of piperidine rings is 1. The molecule has 2 atom stereocenters. The molecule has 0 radical (unpaired) electrons. The van der Waals surface area contributed by atoms with Crippen molar-refractivity contribution < 1.29 is 4.74 Å². The molecule has 1 heterocycles. The van der Waals surface area contributed by atoms with Crippen molar-refractivity contribution in [3.05, 3.63) is 0 Å². The topological polar surface area (TPSA) is 24.5 Å². The van der Waals surface area contributed by atoms with Gasteiger partial charge >= 0.3 is 0 Å². The molecule has 0 spiro atoms. The Bertz CT molecular complexity index is 262. The third-order valence-electron chi connectivity index (χ3n) is 4.26. The summed E-state index contributed by atoms with van der Waals surface area (Å²) in [4.78, 5) is 2.60. The highest BCUT2D eigenvalue weighted by Gasteiger charge is 2.32. The minimum Gasteiger partial charge on any atom is -0.377 e. The fourth-order valence-corrected chi connectivity index (χ4v) is 2.83. The summed E-state index contributed by atoms with van der Waals surface area (Å²) >= 11 is 0. The van der Waals surface area contributed by atoms with Crippen LogP contribution in [0.15, 0.2) is 0 Å². The van der Waals surface area contributed by atoms with E-state index < -0.39 is 0 Å². The summed E-state index contributed by atoms with van der Waals surface area (Å²) < 4.78 is 5.68. The van der Waals surface area contributed by atoms with E-state index in [1.165, 1.54) is 32.2 Å². The maximum atomic E-state index is 5.68. The fourth-order valence-electron chi connectivity index (χ4n) is 2.83. The van der Waals surface area contributed by atoms with Gasteiger partial charge in [0.1, 0.15) is 0 Å². The molecular weight excluding hydrogens is 236 g/mol. The van der Waals surface area contributed by atoms with Gasteiger partial charge in [-0.3, -0.25) is 4.90 Å². The van der Waals surface area contributed by atoms with E-state index in [1.54, 1.807) is 0 Å². The first-order valence-electron chi connectivity index (χ1n) is 7.80. The van der Waals surface area contributed by atoms with Crippen molar-refractivity contribution >= 4 is 0 Å². The summed E-state index contributed by atoms with van der Waals surface area (Å²) in [6.07, 6.45) is 4.97. The summed E-state index contributed by atoms with van der Waals surface area (Å²) in [5.74, 6) is 0. The lowest BCUT2D eigenvalue weighted by Crippen LogP contribution is -2.50. The first kappa shape index (κ1) is 16.9. The van der Waals surface area contributed by atoms with Crippen LogP contribution in [0.3, 0.4) is 0 Å². The summed E-state index contributed by atoms with van der Waals surface area (Å²) in [5, 5.41) is 3.56. The van der Waals surface area contributed by atoms with Gasteiger partial charge in [-0.25, -0.2) is 0 Å². The van der Waals surface area contributed by atoms with Crippen molar-refractivity contribution in [3.63, 3.8) is 0 Å². The maximum Gasteiger partial charge on any atom is 0.0777 e. The molecular formula is C16H34N2O. The predicted octanol–water partition coefficient (Wildman–Crippen LogP) is 3.04. The average Bonchev–Trinajstić information content (AvgIpc) is 2.33. The summed E-state index contributed by atoms with van der Waals surface area (Å²) in [6.45, 7) is 14.7. The Labute approximate surface area is 120 Å². The Balaban J connectivity index is 2.27. The van der Waals surface area contributed by atoms with E-state index in [9.17, 15) is 0 Å². The number of hydrogen-bond acceptors (Lipinski definition) is 3. The molecule has 0 bridgehead atoms. The third kappa shape index (κ3) is 6.24. The third-order valence-corrected chi connectivity index (χ3v) is 4.26. The Morgan fingerprint density at radius 3 is 2.63 bits per heavy atom. The number of likely N-dealkylation sites (tertiary alicyclic amines) is 1. The van der Waals surface area contributed by atoms with Gasteiger partial charge in [-0.15, -0.1) is 0 Å². The molecule has 114 valence electrons. The van der Waals surface area contributed by atoms with E-state index in [0.717, 1.165) is 13.1 Å². The van der Waals surface area contributed by atoms with Gasteiger partial charge in [-0.05, 0) is 73.4 Å². The van der Waals surface area contributed by atoms with Gasteiger partial charge in [0.25, 0.3) is 0 Å². The van der Waals surface area contributed by atoms with E-state index in [0.29, 0.717) is 6.04 Å². The Morgan fingerprint density at radius 1 is 1.37 bits per heavy atom. The van der Waals surface area contributed by atoms with Crippen LogP contribution in [0.2, 0.25) is 0 Å². The highest BCUT2D eigenvalue weighted by Crippen LogP contribution is 2.26. The number of methoxy groups -OCH3 is 1. The first-order valence-corrected chi connectivity index (χ1v) is 7.80. The molecule has 0 aliphatic carbocycles. The van der Waals surface area contributed by atoms with Crippen LogP contribution in [-0.2, 0) is 4.74 Å². The number of ether oxygens (including phenoxy) is 1. The van der Waals surface area contributed by atoms with Crippen molar-refractivity contribution in [1.82, 2.24) is 10.2 Å². The van der Waals surface area contributed by atoms with Gasteiger partial charge in [-0.1, -0.05) is 0 Å². The number of nitrogens with one attached hydrogen (secondary N) is 1. The zero-order valence-corrected chi connectivity index (χ0v) is 13.9. The largest absolute Gasteiger partial charge is 0.377 e. The molecule has 1 N–H and O–H groups in total. The first-order chi connectivity index (χ1) is 8.76. The lowest BCUT2D eigenvalue weighted by molar-refractivity contribution is -0.0603. The van der Waals surface area contributed by atoms with Gasteiger partial charge in [0.2, 0.25) is 0 Å². The summed E-state index contributed by atoms with van der Waals surface area (Å²) in [5.41, 5.74) is 0.305. The monoisotopic (exact) mass is 270 g/mol. The summed E-state index contributed by atoms with van der Waals surface area (Å²) in [7, 11) is 1.85. The van der Waals surface area contributed by atoms with Crippen molar-refractivity contribution in [2.24, 2.45) is 0 Å². The molecule has 1 saturated heterocycles. The van der Waals surface area contributed by atoms with Crippen LogP contribution in [-0.4, -0.2) is 48.8 Å². The number of nitrogens with zero attached hydrogens (tertiary/aromatic N) is 1. The molecule has 1 rings (SSSR count). The second-order valence-electron chi connectivity index (χ2n) is 7.40. The number of hydrogen-bond donors (Lipinski definition) is 1. The zero-order valence-electron chi connectivity index (χ0n) is 13.9. The van der Waals surface area contributed by atoms with Crippen LogP contribution in [0.25, 0.3) is 0 Å². The van der Waals surface area contributed by atoms with Gasteiger partial charge in [0.15, 0.2) is 0 Å². The maximum absolute atomic E-state index is 5.68. The van der Waals surface area contributed by atoms with Crippen molar-refractivity contribution in [2.45, 2.75) is 77.5 Å². The molecule has 0 aromatic rings. The average molecular weight is 270 g/mol. The zero-order chi connectivity index (χ0) is 14.5. The lowest BCUT2D eigenvalue weighted by Gasteiger charge is -2.42. The van der Waals surface area contributed by atoms with E-state index >= 15 is 0 Å². The van der Waals surface area contributed by atoms with Gasteiger partial charge in [0, 0.05) is 25.2 Å². The van der Waals surface area contributed by atoms with Gasteiger partial charge in [0.05, 0.1) is 5.60 Å². The molecule has 0 saturated carbocycles. The molecule has 19 heavy (non-hydrogen) atoms. The second-order valence-corrected chi connectivity index (χ2v) is 7.40. The molecule has 2 unspecified atom stereocenters. The standard InChI is InChI=1S/C16H34N2O/c1-14(9-7-11-17-15(2,3)4)18-12-8-10-16(5,13-18)19-6/h14,17H,7-13H2,1-6H3. The van der Waals surface area contributed by atoms with Gasteiger partial charge in [-0.2, -0.15) is 0 Å². The quantitative estimate of drug-likeness (QED) is 0.751. The Kier molecular flexibility index (Phi) is 6.28. The molecule has 3 heteroatoms. The van der Waals surface area contributed by atoms with Crippen molar-refractivity contribution in [1.29, 1.82) is 0 Å². The normalized spacial score (nSPS) is 27.5. The fraction of sp³-hybridized carbons (Fsp3) is 1.00. The highest BCUT2D eigenvalue weighted by molar-refractivity contribution is 4.86. The minimum atomic E-state index is 0.0656. The Hall–Kier alpha value is -0.120. The van der Waals surface area contributed by atoms with Crippen LogP contribution >= 0.6 is 0 Å². The van der Waals surface area contributed by atoms with Crippen LogP contribution < -0.4 is 5.32 Å². The summed E-state index contributed by atoms with van der Waals surface area (Å²) in [6, 6.07) is 0.663. The van der Waals surface area contributed by atoms with Gasteiger partial charge < -0.3 is 10.1 Å². The molecule has 3 nitrogen and oxygen atoms in total. The van der Waals surface area contributed by atoms with Crippen LogP contribution in [0.4, 0.5) is 0 Å². The minimum absolute atomic E-state index is 0.0656. The van der Waals surface area contributed by atoms with Crippen LogP contribution in [0, 0.1) is 0 Å². The van der Waals surface area contributed by atoms with E-state index in [2.05, 4.69) is 44.8 Å². The van der Waals surface area contributed by atoms with Crippen LogP contribution in [0.1, 0.15) is 60.3 Å². The molecule has 1 fully saturated rings. The predicted molar refractivity (Wildman–Crippen MR) is 82.7 cm³/mol. The van der Waals surface area contributed by atoms with Crippen molar-refractivity contribution in [2.75, 3.05) is 26.7 Å². The molecule has 1 aliphatic rings. The molecule has 0 aromatic heterocycles. The smallest absolute Gasteiger partial charge is 0.0777 e. The van der Waals surface area contributed by atoms with Crippen molar-refractivity contribution in [3.8, 4) is 0 Å². The molecule has 0 aromatic carbocycles. The number of rotatable bonds is 6.